The van der Waals surface area contributed by atoms with Gasteiger partial charge in [0, 0.05) is 38.2 Å². The maximum absolute atomic E-state index is 12.4. The van der Waals surface area contributed by atoms with Crippen molar-refractivity contribution in [2.24, 2.45) is 0 Å². The van der Waals surface area contributed by atoms with Crippen molar-refractivity contribution in [3.63, 3.8) is 0 Å². The van der Waals surface area contributed by atoms with E-state index in [4.69, 9.17) is 11.6 Å². The topological polar surface area (TPSA) is 35.6 Å². The standard InChI is InChI=1S/C15H22ClN3O/c1-12(13-5-3-4-6-14(13)16)18(2)15(20)11-19-9-7-17-8-10-19/h3-6,12,17H,7-11H2,1-2H3. The highest BCUT2D eigenvalue weighted by Crippen LogP contribution is 2.26. The molecule has 1 atom stereocenters. The van der Waals surface area contributed by atoms with E-state index in [9.17, 15) is 4.79 Å². The summed E-state index contributed by atoms with van der Waals surface area (Å²) in [7, 11) is 1.85. The van der Waals surface area contributed by atoms with Gasteiger partial charge in [0.25, 0.3) is 0 Å². The number of piperazine rings is 1. The van der Waals surface area contributed by atoms with Crippen molar-refractivity contribution in [3.8, 4) is 0 Å². The summed E-state index contributed by atoms with van der Waals surface area (Å²) in [6.07, 6.45) is 0. The summed E-state index contributed by atoms with van der Waals surface area (Å²) in [4.78, 5) is 16.3. The molecule has 1 saturated heterocycles. The molecule has 1 unspecified atom stereocenters. The van der Waals surface area contributed by atoms with Gasteiger partial charge >= 0.3 is 0 Å². The number of hydrogen-bond donors (Lipinski definition) is 1. The highest BCUT2D eigenvalue weighted by atomic mass is 35.5. The van der Waals surface area contributed by atoms with Gasteiger partial charge in [-0.05, 0) is 18.6 Å². The predicted octanol–water partition coefficient (Wildman–Crippen LogP) is 1.76. The number of carbonyl (C=O) groups excluding carboxylic acids is 1. The van der Waals surface area contributed by atoms with E-state index in [1.165, 1.54) is 0 Å². The number of nitrogens with zero attached hydrogens (tertiary/aromatic N) is 2. The van der Waals surface area contributed by atoms with Crippen LogP contribution in [0.2, 0.25) is 5.02 Å². The van der Waals surface area contributed by atoms with Gasteiger partial charge in [-0.15, -0.1) is 0 Å². The predicted molar refractivity (Wildman–Crippen MR) is 81.9 cm³/mol. The summed E-state index contributed by atoms with van der Waals surface area (Å²) in [5.74, 6) is 0.138. The monoisotopic (exact) mass is 295 g/mol. The van der Waals surface area contributed by atoms with Crippen LogP contribution in [-0.2, 0) is 4.79 Å². The van der Waals surface area contributed by atoms with Gasteiger partial charge in [-0.3, -0.25) is 9.69 Å². The molecule has 20 heavy (non-hydrogen) atoms. The third kappa shape index (κ3) is 3.72. The quantitative estimate of drug-likeness (QED) is 0.919. The van der Waals surface area contributed by atoms with Crippen LogP contribution in [0.25, 0.3) is 0 Å². The van der Waals surface area contributed by atoms with E-state index in [1.54, 1.807) is 4.90 Å². The lowest BCUT2D eigenvalue weighted by Gasteiger charge is -2.31. The second-order valence-corrected chi connectivity index (χ2v) is 5.64. The van der Waals surface area contributed by atoms with Crippen molar-refractivity contribution >= 4 is 17.5 Å². The van der Waals surface area contributed by atoms with Crippen LogP contribution in [-0.4, -0.2) is 55.5 Å². The van der Waals surface area contributed by atoms with Crippen molar-refractivity contribution in [2.75, 3.05) is 39.8 Å². The Morgan fingerprint density at radius 3 is 2.70 bits per heavy atom. The van der Waals surface area contributed by atoms with E-state index in [1.807, 2.05) is 38.2 Å². The zero-order valence-electron chi connectivity index (χ0n) is 12.1. The van der Waals surface area contributed by atoms with Crippen LogP contribution in [0.4, 0.5) is 0 Å². The summed E-state index contributed by atoms with van der Waals surface area (Å²) in [6.45, 7) is 6.26. The smallest absolute Gasteiger partial charge is 0.236 e. The lowest BCUT2D eigenvalue weighted by molar-refractivity contribution is -0.133. The Hall–Kier alpha value is -1.10. The Bertz CT molecular complexity index is 460. The molecular formula is C15H22ClN3O. The number of benzene rings is 1. The fourth-order valence-electron chi connectivity index (χ4n) is 2.41. The SMILES string of the molecule is CC(c1ccccc1Cl)N(C)C(=O)CN1CCNCC1. The summed E-state index contributed by atoms with van der Waals surface area (Å²) < 4.78 is 0. The number of rotatable bonds is 4. The molecule has 1 aromatic rings. The van der Waals surface area contributed by atoms with Crippen LogP contribution in [0, 0.1) is 0 Å². The highest BCUT2D eigenvalue weighted by Gasteiger charge is 2.21. The van der Waals surface area contributed by atoms with Crippen molar-refractivity contribution in [2.45, 2.75) is 13.0 Å². The van der Waals surface area contributed by atoms with Gasteiger partial charge in [0.05, 0.1) is 12.6 Å². The minimum absolute atomic E-state index is 0.0147. The second-order valence-electron chi connectivity index (χ2n) is 5.23. The minimum atomic E-state index is -0.0147. The Balaban J connectivity index is 1.97. The first-order chi connectivity index (χ1) is 9.59. The Morgan fingerprint density at radius 1 is 1.40 bits per heavy atom. The van der Waals surface area contributed by atoms with Gasteiger partial charge in [0.1, 0.15) is 0 Å². The van der Waals surface area contributed by atoms with Crippen LogP contribution in [0.15, 0.2) is 24.3 Å². The molecular weight excluding hydrogens is 274 g/mol. The Morgan fingerprint density at radius 2 is 2.05 bits per heavy atom. The zero-order valence-corrected chi connectivity index (χ0v) is 12.9. The van der Waals surface area contributed by atoms with Crippen LogP contribution < -0.4 is 5.32 Å². The summed E-state index contributed by atoms with van der Waals surface area (Å²) in [5, 5.41) is 4.00. The van der Waals surface area contributed by atoms with Gasteiger partial charge in [-0.2, -0.15) is 0 Å². The number of carbonyl (C=O) groups is 1. The molecule has 0 bridgehead atoms. The number of nitrogens with one attached hydrogen (secondary N) is 1. The van der Waals surface area contributed by atoms with Crippen molar-refractivity contribution in [1.82, 2.24) is 15.1 Å². The minimum Gasteiger partial charge on any atom is -0.338 e. The number of halogens is 1. The average Bonchev–Trinajstić information content (AvgIpc) is 2.47. The molecule has 0 aromatic heterocycles. The molecule has 0 saturated carbocycles. The first kappa shape index (κ1) is 15.3. The number of amides is 1. The third-order valence-electron chi connectivity index (χ3n) is 3.90. The molecule has 1 N–H and O–H groups in total. The van der Waals surface area contributed by atoms with E-state index in [0.29, 0.717) is 11.6 Å². The maximum atomic E-state index is 12.4. The van der Waals surface area contributed by atoms with E-state index < -0.39 is 0 Å². The molecule has 1 aromatic carbocycles. The van der Waals surface area contributed by atoms with E-state index in [2.05, 4.69) is 10.2 Å². The van der Waals surface area contributed by atoms with Gasteiger partial charge in [0.15, 0.2) is 0 Å². The number of hydrogen-bond acceptors (Lipinski definition) is 3. The third-order valence-corrected chi connectivity index (χ3v) is 4.24. The maximum Gasteiger partial charge on any atom is 0.236 e. The largest absolute Gasteiger partial charge is 0.338 e. The lowest BCUT2D eigenvalue weighted by atomic mass is 10.1. The molecule has 0 radical (unpaired) electrons. The van der Waals surface area contributed by atoms with E-state index in [-0.39, 0.29) is 11.9 Å². The van der Waals surface area contributed by atoms with Crippen molar-refractivity contribution in [3.05, 3.63) is 34.9 Å². The first-order valence-corrected chi connectivity index (χ1v) is 7.40. The molecule has 0 aliphatic carbocycles. The van der Waals surface area contributed by atoms with Gasteiger partial charge < -0.3 is 10.2 Å². The summed E-state index contributed by atoms with van der Waals surface area (Å²) in [6, 6.07) is 7.68. The molecule has 2 rings (SSSR count). The fourth-order valence-corrected chi connectivity index (χ4v) is 2.70. The van der Waals surface area contributed by atoms with Gasteiger partial charge in [-0.25, -0.2) is 0 Å². The summed E-state index contributed by atoms with van der Waals surface area (Å²) >= 11 is 6.20. The zero-order chi connectivity index (χ0) is 14.5. The van der Waals surface area contributed by atoms with Gasteiger partial charge in [0.2, 0.25) is 5.91 Å². The summed E-state index contributed by atoms with van der Waals surface area (Å²) in [5.41, 5.74) is 0.991. The van der Waals surface area contributed by atoms with E-state index in [0.717, 1.165) is 31.7 Å². The Labute approximate surface area is 125 Å². The average molecular weight is 296 g/mol. The van der Waals surface area contributed by atoms with Crippen molar-refractivity contribution < 1.29 is 4.79 Å². The van der Waals surface area contributed by atoms with Gasteiger partial charge in [-0.1, -0.05) is 29.8 Å². The second kappa shape index (κ2) is 7.07. The fraction of sp³-hybridized carbons (Fsp3) is 0.533. The molecule has 1 heterocycles. The molecule has 1 aliphatic rings. The van der Waals surface area contributed by atoms with Crippen LogP contribution in [0.1, 0.15) is 18.5 Å². The van der Waals surface area contributed by atoms with Crippen LogP contribution >= 0.6 is 11.6 Å². The normalized spacial score (nSPS) is 17.8. The molecule has 110 valence electrons. The Kier molecular flexibility index (Phi) is 5.40. The molecule has 4 nitrogen and oxygen atoms in total. The molecule has 0 spiro atoms. The van der Waals surface area contributed by atoms with Crippen LogP contribution in [0.5, 0.6) is 0 Å². The molecule has 5 heteroatoms. The van der Waals surface area contributed by atoms with Crippen molar-refractivity contribution in [1.29, 1.82) is 0 Å². The lowest BCUT2D eigenvalue weighted by Crippen LogP contribution is -2.48. The van der Waals surface area contributed by atoms with E-state index >= 15 is 0 Å². The molecule has 1 aliphatic heterocycles. The highest BCUT2D eigenvalue weighted by molar-refractivity contribution is 6.31. The van der Waals surface area contributed by atoms with Crippen LogP contribution in [0.3, 0.4) is 0 Å². The first-order valence-electron chi connectivity index (χ1n) is 7.02. The molecule has 1 amide bonds. The molecule has 1 fully saturated rings. The number of likely N-dealkylation sites (N-methyl/N-ethyl adjacent to an activating group) is 1.